The number of benzene rings is 2. The van der Waals surface area contributed by atoms with Gasteiger partial charge >= 0.3 is 12.2 Å². The van der Waals surface area contributed by atoms with Gasteiger partial charge in [-0.15, -0.1) is 6.42 Å². The predicted molar refractivity (Wildman–Crippen MR) is 123 cm³/mol. The van der Waals surface area contributed by atoms with Gasteiger partial charge in [0.15, 0.2) is 0 Å². The number of carbonyl (C=O) groups excluding carboxylic acids is 2. The third-order valence-corrected chi connectivity index (χ3v) is 4.10. The number of hydrogen-bond donors (Lipinski definition) is 2. The Bertz CT molecular complexity index is 968. The Morgan fingerprint density at radius 3 is 2.06 bits per heavy atom. The molecule has 0 saturated heterocycles. The van der Waals surface area contributed by atoms with Crippen molar-refractivity contribution in [2.24, 2.45) is 0 Å². The summed E-state index contributed by atoms with van der Waals surface area (Å²) in [5.74, 6) is 2.28. The van der Waals surface area contributed by atoms with Crippen molar-refractivity contribution in [2.75, 3.05) is 22.1 Å². The van der Waals surface area contributed by atoms with Gasteiger partial charge < -0.3 is 14.4 Å². The van der Waals surface area contributed by atoms with Gasteiger partial charge in [-0.3, -0.25) is 10.6 Å². The molecule has 2 N–H and O–H groups in total. The Morgan fingerprint density at radius 2 is 1.53 bits per heavy atom. The first kappa shape index (κ1) is 24.5. The summed E-state index contributed by atoms with van der Waals surface area (Å²) in [6, 6.07) is 11.2. The van der Waals surface area contributed by atoms with Crippen LogP contribution in [0, 0.1) is 18.2 Å². The van der Waals surface area contributed by atoms with Gasteiger partial charge in [0.05, 0.1) is 30.1 Å². The van der Waals surface area contributed by atoms with Crippen molar-refractivity contribution < 1.29 is 23.5 Å². The van der Waals surface area contributed by atoms with E-state index in [0.29, 0.717) is 23.6 Å². The molecule has 8 heteroatoms. The zero-order chi connectivity index (χ0) is 23.7. The summed E-state index contributed by atoms with van der Waals surface area (Å²) < 4.78 is 23.5. The molecule has 0 fully saturated rings. The second-order valence-electron chi connectivity index (χ2n) is 7.57. The second kappa shape index (κ2) is 11.6. The smallest absolute Gasteiger partial charge is 0.411 e. The lowest BCUT2D eigenvalue weighted by Gasteiger charge is -2.24. The quantitative estimate of drug-likeness (QED) is 0.538. The van der Waals surface area contributed by atoms with Gasteiger partial charge in [-0.25, -0.2) is 14.0 Å². The molecule has 7 nitrogen and oxygen atoms in total. The normalized spacial score (nSPS) is 10.4. The van der Waals surface area contributed by atoms with Crippen LogP contribution in [0.25, 0.3) is 0 Å². The molecule has 2 rings (SSSR count). The minimum atomic E-state index is -0.667. The van der Waals surface area contributed by atoms with E-state index in [1.54, 1.807) is 58.0 Å². The predicted octanol–water partition coefficient (Wildman–Crippen LogP) is 5.38. The first-order valence-electron chi connectivity index (χ1n) is 10.2. The monoisotopic (exact) mass is 441 g/mol. The van der Waals surface area contributed by atoms with E-state index in [0.717, 1.165) is 5.56 Å². The van der Waals surface area contributed by atoms with Crippen molar-refractivity contribution in [1.29, 1.82) is 0 Å². The fraction of sp³-hybridized carbons (Fsp3) is 0.333. The molecule has 2 aromatic carbocycles. The van der Waals surface area contributed by atoms with Crippen LogP contribution in [0.2, 0.25) is 0 Å². The third-order valence-electron chi connectivity index (χ3n) is 4.10. The fourth-order valence-corrected chi connectivity index (χ4v) is 2.81. The number of amides is 2. The summed E-state index contributed by atoms with van der Waals surface area (Å²) >= 11 is 0. The third kappa shape index (κ3) is 7.84. The van der Waals surface area contributed by atoms with Crippen molar-refractivity contribution in [3.63, 3.8) is 0 Å². The SMILES string of the molecule is C#CCN(Cc1ccc(F)cc1)c1ccc(NC(=O)OC(C)C)c(NC(=O)OC(C)C)c1. The summed E-state index contributed by atoms with van der Waals surface area (Å²) in [5.41, 5.74) is 2.20. The Kier molecular flexibility index (Phi) is 8.90. The average molecular weight is 442 g/mol. The Labute approximate surface area is 187 Å². The van der Waals surface area contributed by atoms with Gasteiger partial charge in [0.25, 0.3) is 0 Å². The Hall–Kier alpha value is -3.73. The summed E-state index contributed by atoms with van der Waals surface area (Å²) in [5, 5.41) is 5.27. The zero-order valence-corrected chi connectivity index (χ0v) is 18.6. The number of carbonyl (C=O) groups is 2. The molecule has 2 amide bonds. The summed E-state index contributed by atoms with van der Waals surface area (Å²) in [6.45, 7) is 7.61. The summed E-state index contributed by atoms with van der Waals surface area (Å²) in [7, 11) is 0. The van der Waals surface area contributed by atoms with E-state index in [-0.39, 0.29) is 24.6 Å². The van der Waals surface area contributed by atoms with Crippen molar-refractivity contribution in [3.05, 3.63) is 53.8 Å². The number of nitrogens with one attached hydrogen (secondary N) is 2. The lowest BCUT2D eigenvalue weighted by molar-refractivity contribution is 0.128. The number of terminal acetylenes is 1. The minimum absolute atomic E-state index is 0.273. The number of anilines is 3. The average Bonchev–Trinajstić information content (AvgIpc) is 2.69. The van der Waals surface area contributed by atoms with Crippen LogP contribution >= 0.6 is 0 Å². The highest BCUT2D eigenvalue weighted by molar-refractivity contribution is 5.96. The van der Waals surface area contributed by atoms with Gasteiger partial charge in [0.1, 0.15) is 5.82 Å². The van der Waals surface area contributed by atoms with Crippen molar-refractivity contribution >= 4 is 29.2 Å². The summed E-state index contributed by atoms with van der Waals surface area (Å²) in [6.07, 6.45) is 3.60. The van der Waals surface area contributed by atoms with Crippen LogP contribution in [-0.2, 0) is 16.0 Å². The number of halogens is 1. The van der Waals surface area contributed by atoms with Gasteiger partial charge in [-0.05, 0) is 63.6 Å². The number of rotatable bonds is 8. The summed E-state index contributed by atoms with van der Waals surface area (Å²) in [4.78, 5) is 26.2. The lowest BCUT2D eigenvalue weighted by Crippen LogP contribution is -2.24. The first-order valence-corrected chi connectivity index (χ1v) is 10.2. The van der Waals surface area contributed by atoms with Gasteiger partial charge in [-0.1, -0.05) is 18.1 Å². The van der Waals surface area contributed by atoms with E-state index in [1.165, 1.54) is 12.1 Å². The van der Waals surface area contributed by atoms with Crippen molar-refractivity contribution in [1.82, 2.24) is 0 Å². The van der Waals surface area contributed by atoms with Crippen molar-refractivity contribution in [3.8, 4) is 12.3 Å². The molecule has 0 spiro atoms. The van der Waals surface area contributed by atoms with Gasteiger partial charge in [0.2, 0.25) is 0 Å². The second-order valence-corrected chi connectivity index (χ2v) is 7.57. The molecule has 2 aromatic rings. The largest absolute Gasteiger partial charge is 0.447 e. The maximum atomic E-state index is 13.2. The van der Waals surface area contributed by atoms with Crippen LogP contribution < -0.4 is 15.5 Å². The van der Waals surface area contributed by atoms with Gasteiger partial charge in [-0.2, -0.15) is 0 Å². The lowest BCUT2D eigenvalue weighted by atomic mass is 10.1. The molecule has 170 valence electrons. The maximum absolute atomic E-state index is 13.2. The van der Waals surface area contributed by atoms with Crippen LogP contribution in [0.4, 0.5) is 31.0 Å². The van der Waals surface area contributed by atoms with E-state index >= 15 is 0 Å². The van der Waals surface area contributed by atoms with E-state index < -0.39 is 12.2 Å². The molecule has 0 radical (unpaired) electrons. The molecule has 0 unspecified atom stereocenters. The fourth-order valence-electron chi connectivity index (χ4n) is 2.81. The van der Waals surface area contributed by atoms with Crippen LogP contribution in [0.5, 0.6) is 0 Å². The van der Waals surface area contributed by atoms with E-state index in [2.05, 4.69) is 16.6 Å². The molecule has 0 aromatic heterocycles. The van der Waals surface area contributed by atoms with E-state index in [1.807, 2.05) is 4.90 Å². The molecule has 0 saturated carbocycles. The molecular formula is C24H28FN3O4. The highest BCUT2D eigenvalue weighted by Crippen LogP contribution is 2.29. The molecule has 0 bridgehead atoms. The Balaban J connectivity index is 2.34. The van der Waals surface area contributed by atoms with Crippen LogP contribution in [0.3, 0.4) is 0 Å². The maximum Gasteiger partial charge on any atom is 0.411 e. The number of nitrogens with zero attached hydrogens (tertiary/aromatic N) is 1. The molecule has 32 heavy (non-hydrogen) atoms. The van der Waals surface area contributed by atoms with E-state index in [9.17, 15) is 14.0 Å². The van der Waals surface area contributed by atoms with E-state index in [4.69, 9.17) is 15.9 Å². The topological polar surface area (TPSA) is 79.9 Å². The molecule has 0 atom stereocenters. The molecule has 0 aliphatic rings. The first-order chi connectivity index (χ1) is 15.2. The van der Waals surface area contributed by atoms with Crippen LogP contribution in [0.1, 0.15) is 33.3 Å². The minimum Gasteiger partial charge on any atom is -0.447 e. The highest BCUT2D eigenvalue weighted by atomic mass is 19.1. The number of ether oxygens (including phenoxy) is 2. The van der Waals surface area contributed by atoms with Crippen LogP contribution in [-0.4, -0.2) is 30.9 Å². The molecular weight excluding hydrogens is 413 g/mol. The highest BCUT2D eigenvalue weighted by Gasteiger charge is 2.16. The molecule has 0 heterocycles. The standard InChI is InChI=1S/C24H28FN3O4/c1-6-13-28(15-18-7-9-19(25)10-8-18)20-11-12-21(26-23(29)31-16(2)3)22(14-20)27-24(30)32-17(4)5/h1,7-12,14,16-17H,13,15H2,2-5H3,(H,26,29)(H,27,30). The van der Waals surface area contributed by atoms with Crippen molar-refractivity contribution in [2.45, 2.75) is 46.4 Å². The molecule has 0 aliphatic heterocycles. The van der Waals surface area contributed by atoms with Gasteiger partial charge in [0, 0.05) is 12.2 Å². The zero-order valence-electron chi connectivity index (χ0n) is 18.6. The molecule has 0 aliphatic carbocycles. The van der Waals surface area contributed by atoms with Crippen LogP contribution in [0.15, 0.2) is 42.5 Å². The Morgan fingerprint density at radius 1 is 0.969 bits per heavy atom. The number of hydrogen-bond acceptors (Lipinski definition) is 5.